The van der Waals surface area contributed by atoms with Gasteiger partial charge in [0.2, 0.25) is 0 Å². The van der Waals surface area contributed by atoms with Gasteiger partial charge in [0.1, 0.15) is 0 Å². The molecule has 84 valence electrons. The Morgan fingerprint density at radius 1 is 1.36 bits per heavy atom. The van der Waals surface area contributed by atoms with E-state index in [4.69, 9.17) is 0 Å². The minimum atomic E-state index is -0.0336. The maximum atomic E-state index is 9.59. The molecule has 0 spiro atoms. The van der Waals surface area contributed by atoms with E-state index in [9.17, 15) is 5.11 Å². The Bertz CT molecular complexity index is 143. The van der Waals surface area contributed by atoms with E-state index in [1.807, 2.05) is 11.8 Å². The van der Waals surface area contributed by atoms with E-state index in [1.54, 1.807) is 0 Å². The fraction of sp³-hybridized carbons (Fsp3) is 1.00. The number of nitrogens with one attached hydrogen (secondary N) is 1. The third kappa shape index (κ3) is 4.67. The van der Waals surface area contributed by atoms with Crippen LogP contribution in [-0.4, -0.2) is 36.3 Å². The molecule has 1 saturated carbocycles. The van der Waals surface area contributed by atoms with Gasteiger partial charge >= 0.3 is 0 Å². The molecule has 0 amide bonds. The van der Waals surface area contributed by atoms with Crippen LogP contribution in [0, 0.1) is 5.92 Å². The van der Waals surface area contributed by atoms with Crippen LogP contribution in [-0.2, 0) is 0 Å². The van der Waals surface area contributed by atoms with E-state index in [2.05, 4.69) is 11.6 Å². The molecule has 14 heavy (non-hydrogen) atoms. The van der Waals surface area contributed by atoms with Gasteiger partial charge in [-0.25, -0.2) is 0 Å². The first-order chi connectivity index (χ1) is 6.84. The molecule has 2 nitrogen and oxygen atoms in total. The number of thioether (sulfide) groups is 1. The predicted octanol–water partition coefficient (Wildman–Crippen LogP) is 1.88. The van der Waals surface area contributed by atoms with Crippen molar-refractivity contribution in [3.63, 3.8) is 0 Å². The smallest absolute Gasteiger partial charge is 0.0580 e. The highest BCUT2D eigenvalue weighted by molar-refractivity contribution is 7.98. The van der Waals surface area contributed by atoms with E-state index in [-0.39, 0.29) is 6.10 Å². The SMILES string of the molecule is CSCCCCNCC1CCCC1O. The summed E-state index contributed by atoms with van der Waals surface area (Å²) in [6, 6.07) is 0. The van der Waals surface area contributed by atoms with E-state index in [1.165, 1.54) is 31.4 Å². The molecule has 1 aliphatic carbocycles. The zero-order chi connectivity index (χ0) is 10.2. The van der Waals surface area contributed by atoms with E-state index in [0.29, 0.717) is 5.92 Å². The molecule has 0 radical (unpaired) electrons. The quantitative estimate of drug-likeness (QED) is 0.639. The molecular weight excluding hydrogens is 194 g/mol. The van der Waals surface area contributed by atoms with Gasteiger partial charge in [-0.05, 0) is 50.2 Å². The molecule has 1 aliphatic rings. The van der Waals surface area contributed by atoms with Crippen molar-refractivity contribution in [1.29, 1.82) is 0 Å². The number of aliphatic hydroxyl groups excluding tert-OH is 1. The highest BCUT2D eigenvalue weighted by Gasteiger charge is 2.24. The van der Waals surface area contributed by atoms with Crippen LogP contribution in [0.25, 0.3) is 0 Å². The molecular formula is C11H23NOS. The molecule has 0 aromatic carbocycles. The molecule has 2 atom stereocenters. The van der Waals surface area contributed by atoms with Gasteiger partial charge in [0, 0.05) is 6.54 Å². The standard InChI is InChI=1S/C11H23NOS/c1-14-8-3-2-7-12-9-10-5-4-6-11(10)13/h10-13H,2-9H2,1H3. The van der Waals surface area contributed by atoms with Crippen LogP contribution in [0.1, 0.15) is 32.1 Å². The first kappa shape index (κ1) is 12.3. The lowest BCUT2D eigenvalue weighted by Crippen LogP contribution is -2.28. The normalized spacial score (nSPS) is 27.0. The van der Waals surface area contributed by atoms with Crippen LogP contribution in [0.2, 0.25) is 0 Å². The van der Waals surface area contributed by atoms with Crippen LogP contribution in [0.15, 0.2) is 0 Å². The number of hydrogen-bond acceptors (Lipinski definition) is 3. The molecule has 1 fully saturated rings. The molecule has 0 aromatic heterocycles. The third-order valence-corrected chi connectivity index (χ3v) is 3.67. The predicted molar refractivity (Wildman–Crippen MR) is 63.8 cm³/mol. The van der Waals surface area contributed by atoms with Gasteiger partial charge in [-0.15, -0.1) is 0 Å². The number of hydrogen-bond donors (Lipinski definition) is 2. The zero-order valence-corrected chi connectivity index (χ0v) is 9.98. The van der Waals surface area contributed by atoms with E-state index in [0.717, 1.165) is 19.5 Å². The Labute approximate surface area is 91.9 Å². The minimum absolute atomic E-state index is 0.0336. The molecule has 0 heterocycles. The lowest BCUT2D eigenvalue weighted by atomic mass is 10.1. The zero-order valence-electron chi connectivity index (χ0n) is 9.17. The molecule has 2 unspecified atom stereocenters. The Kier molecular flexibility index (Phi) is 6.65. The fourth-order valence-electron chi connectivity index (χ4n) is 2.04. The van der Waals surface area contributed by atoms with E-state index >= 15 is 0 Å². The number of aliphatic hydroxyl groups is 1. The van der Waals surface area contributed by atoms with Gasteiger partial charge in [0.25, 0.3) is 0 Å². The highest BCUT2D eigenvalue weighted by atomic mass is 32.2. The summed E-state index contributed by atoms with van der Waals surface area (Å²) >= 11 is 1.92. The molecule has 0 aliphatic heterocycles. The Balaban J connectivity index is 1.88. The maximum absolute atomic E-state index is 9.59. The summed E-state index contributed by atoms with van der Waals surface area (Å²) in [6.45, 7) is 2.13. The third-order valence-electron chi connectivity index (χ3n) is 2.98. The van der Waals surface area contributed by atoms with Gasteiger partial charge in [-0.3, -0.25) is 0 Å². The van der Waals surface area contributed by atoms with Gasteiger partial charge in [-0.2, -0.15) is 11.8 Å². The minimum Gasteiger partial charge on any atom is -0.393 e. The molecule has 0 bridgehead atoms. The van der Waals surface area contributed by atoms with Crippen LogP contribution < -0.4 is 5.32 Å². The molecule has 2 N–H and O–H groups in total. The summed E-state index contributed by atoms with van der Waals surface area (Å²) in [5.41, 5.74) is 0. The summed E-state index contributed by atoms with van der Waals surface area (Å²) < 4.78 is 0. The van der Waals surface area contributed by atoms with Crippen LogP contribution in [0.4, 0.5) is 0 Å². The Morgan fingerprint density at radius 2 is 2.21 bits per heavy atom. The second-order valence-electron chi connectivity index (χ2n) is 4.16. The average Bonchev–Trinajstić information content (AvgIpc) is 2.58. The van der Waals surface area contributed by atoms with Gasteiger partial charge in [0.05, 0.1) is 6.10 Å². The summed E-state index contributed by atoms with van der Waals surface area (Å²) in [5, 5.41) is 13.0. The average molecular weight is 217 g/mol. The lowest BCUT2D eigenvalue weighted by molar-refractivity contribution is 0.132. The summed E-state index contributed by atoms with van der Waals surface area (Å²) in [4.78, 5) is 0. The summed E-state index contributed by atoms with van der Waals surface area (Å²) in [6.07, 6.45) is 8.12. The largest absolute Gasteiger partial charge is 0.393 e. The first-order valence-electron chi connectivity index (χ1n) is 5.72. The van der Waals surface area contributed by atoms with Crippen molar-refractivity contribution in [3.8, 4) is 0 Å². The number of unbranched alkanes of at least 4 members (excludes halogenated alkanes) is 1. The second kappa shape index (κ2) is 7.55. The first-order valence-corrected chi connectivity index (χ1v) is 7.11. The molecule has 1 rings (SSSR count). The Hall–Kier alpha value is 0.270. The van der Waals surface area contributed by atoms with Crippen molar-refractivity contribution in [2.75, 3.05) is 25.1 Å². The molecule has 3 heteroatoms. The van der Waals surface area contributed by atoms with Gasteiger partial charge in [-0.1, -0.05) is 6.42 Å². The monoisotopic (exact) mass is 217 g/mol. The van der Waals surface area contributed by atoms with Crippen molar-refractivity contribution in [1.82, 2.24) is 5.32 Å². The van der Waals surface area contributed by atoms with Crippen LogP contribution >= 0.6 is 11.8 Å². The van der Waals surface area contributed by atoms with Crippen LogP contribution in [0.5, 0.6) is 0 Å². The topological polar surface area (TPSA) is 32.3 Å². The molecule has 0 saturated heterocycles. The van der Waals surface area contributed by atoms with Crippen molar-refractivity contribution < 1.29 is 5.11 Å². The van der Waals surface area contributed by atoms with Crippen molar-refractivity contribution >= 4 is 11.8 Å². The Morgan fingerprint density at radius 3 is 2.86 bits per heavy atom. The van der Waals surface area contributed by atoms with Gasteiger partial charge in [0.15, 0.2) is 0 Å². The number of rotatable bonds is 7. The summed E-state index contributed by atoms with van der Waals surface area (Å²) in [7, 11) is 0. The fourth-order valence-corrected chi connectivity index (χ4v) is 2.53. The van der Waals surface area contributed by atoms with Crippen LogP contribution in [0.3, 0.4) is 0 Å². The van der Waals surface area contributed by atoms with Gasteiger partial charge < -0.3 is 10.4 Å². The molecule has 0 aromatic rings. The summed E-state index contributed by atoms with van der Waals surface area (Å²) in [5.74, 6) is 1.80. The van der Waals surface area contributed by atoms with Crippen molar-refractivity contribution in [2.24, 2.45) is 5.92 Å². The highest BCUT2D eigenvalue weighted by Crippen LogP contribution is 2.24. The van der Waals surface area contributed by atoms with Crippen molar-refractivity contribution in [3.05, 3.63) is 0 Å². The van der Waals surface area contributed by atoms with E-state index < -0.39 is 0 Å². The maximum Gasteiger partial charge on any atom is 0.0580 e. The lowest BCUT2D eigenvalue weighted by Gasteiger charge is -2.14. The van der Waals surface area contributed by atoms with Crippen molar-refractivity contribution in [2.45, 2.75) is 38.2 Å². The second-order valence-corrected chi connectivity index (χ2v) is 5.15.